The molecular formula is C2H3ClN2. The van der Waals surface area contributed by atoms with Crippen LogP contribution in [0, 0.1) is 10.8 Å². The van der Waals surface area contributed by atoms with E-state index >= 15 is 0 Å². The lowest BCUT2D eigenvalue weighted by Gasteiger charge is -1.63. The van der Waals surface area contributed by atoms with E-state index < -0.39 is 0 Å². The molecule has 0 heterocycles. The van der Waals surface area contributed by atoms with Crippen LogP contribution in [0.3, 0.4) is 0 Å². The van der Waals surface area contributed by atoms with Gasteiger partial charge in [0, 0.05) is 0 Å². The number of rotatable bonds is 1. The second-order valence-electron chi connectivity index (χ2n) is 0.492. The van der Waals surface area contributed by atoms with E-state index in [2.05, 4.69) is 0 Å². The van der Waals surface area contributed by atoms with Gasteiger partial charge in [0.1, 0.15) is 5.17 Å². The molecule has 0 aromatic rings. The minimum Gasteiger partial charge on any atom is -0.306 e. The molecule has 0 spiro atoms. The third-order valence-electron chi connectivity index (χ3n) is 0.127. The number of nitrogens with one attached hydrogen (secondary N) is 2. The summed E-state index contributed by atoms with van der Waals surface area (Å²) in [5.74, 6) is 0. The quantitative estimate of drug-likeness (QED) is 0.449. The summed E-state index contributed by atoms with van der Waals surface area (Å²) in [7, 11) is 0. The highest BCUT2D eigenvalue weighted by atomic mass is 35.5. The van der Waals surface area contributed by atoms with E-state index in [-0.39, 0.29) is 5.17 Å². The maximum atomic E-state index is 6.27. The van der Waals surface area contributed by atoms with E-state index in [0.29, 0.717) is 0 Å². The third-order valence-corrected chi connectivity index (χ3v) is 0.236. The largest absolute Gasteiger partial charge is 0.306 e. The molecule has 0 atom stereocenters. The van der Waals surface area contributed by atoms with Crippen LogP contribution in [0.25, 0.3) is 0 Å². The van der Waals surface area contributed by atoms with Crippen LogP contribution in [0.1, 0.15) is 0 Å². The Bertz CT molecular complexity index is 58.7. The highest BCUT2D eigenvalue weighted by Gasteiger charge is 1.69. The van der Waals surface area contributed by atoms with Gasteiger partial charge in [-0.1, -0.05) is 11.6 Å². The van der Waals surface area contributed by atoms with Crippen LogP contribution in [-0.4, -0.2) is 11.4 Å². The van der Waals surface area contributed by atoms with Crippen molar-refractivity contribution in [2.75, 3.05) is 0 Å². The average molecular weight is 90.5 g/mol. The highest BCUT2D eigenvalue weighted by molar-refractivity contribution is 6.78. The summed E-state index contributed by atoms with van der Waals surface area (Å²) >= 11 is 4.80. The molecule has 2 N–H and O–H groups in total. The molecule has 0 aliphatic carbocycles. The number of halogens is 1. The Morgan fingerprint density at radius 1 is 1.80 bits per heavy atom. The zero-order valence-electron chi connectivity index (χ0n) is 2.46. The predicted octanol–water partition coefficient (Wildman–Crippen LogP) is 0.852. The normalized spacial score (nSPS) is 6.60. The van der Waals surface area contributed by atoms with Crippen molar-refractivity contribution in [3.8, 4) is 0 Å². The van der Waals surface area contributed by atoms with Crippen molar-refractivity contribution in [3.05, 3.63) is 0 Å². The summed E-state index contributed by atoms with van der Waals surface area (Å²) in [4.78, 5) is 0. The lowest BCUT2D eigenvalue weighted by molar-refractivity contribution is 1.54. The minimum absolute atomic E-state index is 0.231. The maximum absolute atomic E-state index is 6.27. The Hall–Kier alpha value is -0.370. The van der Waals surface area contributed by atoms with Gasteiger partial charge >= 0.3 is 0 Å². The van der Waals surface area contributed by atoms with Crippen LogP contribution in [0.5, 0.6) is 0 Å². The summed E-state index contributed by atoms with van der Waals surface area (Å²) in [6.07, 6.45) is 0.765. The molecule has 0 amide bonds. The van der Waals surface area contributed by atoms with Gasteiger partial charge in [-0.25, -0.2) is 0 Å². The molecule has 0 bridgehead atoms. The first-order chi connectivity index (χ1) is 2.27. The Labute approximate surface area is 34.8 Å². The van der Waals surface area contributed by atoms with Crippen molar-refractivity contribution in [2.45, 2.75) is 0 Å². The van der Waals surface area contributed by atoms with Crippen molar-refractivity contribution < 1.29 is 0 Å². The second kappa shape index (κ2) is 1.91. The standard InChI is InChI=1S/C2H3ClN2/c3-2(5)1-4/h1,4-5H. The Morgan fingerprint density at radius 2 is 2.00 bits per heavy atom. The summed E-state index contributed by atoms with van der Waals surface area (Å²) in [6, 6.07) is 0. The fourth-order valence-electron chi connectivity index (χ4n) is 0. The fraction of sp³-hybridized carbons (Fsp3) is 0. The van der Waals surface area contributed by atoms with Crippen molar-refractivity contribution in [3.63, 3.8) is 0 Å². The van der Waals surface area contributed by atoms with Crippen LogP contribution in [-0.2, 0) is 0 Å². The van der Waals surface area contributed by atoms with Crippen LogP contribution in [0.15, 0.2) is 0 Å². The molecular weight excluding hydrogens is 87.5 g/mol. The van der Waals surface area contributed by atoms with Crippen molar-refractivity contribution in [2.24, 2.45) is 0 Å². The molecule has 0 unspecified atom stereocenters. The van der Waals surface area contributed by atoms with Gasteiger partial charge in [-0.15, -0.1) is 0 Å². The summed E-state index contributed by atoms with van der Waals surface area (Å²) < 4.78 is 0. The zero-order chi connectivity index (χ0) is 4.28. The first-order valence-corrected chi connectivity index (χ1v) is 1.39. The predicted molar refractivity (Wildman–Crippen MR) is 22.4 cm³/mol. The van der Waals surface area contributed by atoms with Crippen LogP contribution >= 0.6 is 11.6 Å². The third kappa shape index (κ3) is 3.63. The Morgan fingerprint density at radius 3 is 2.00 bits per heavy atom. The van der Waals surface area contributed by atoms with Crippen molar-refractivity contribution >= 4 is 23.0 Å². The summed E-state index contributed by atoms with van der Waals surface area (Å²) in [5, 5.41) is 12.2. The van der Waals surface area contributed by atoms with Gasteiger partial charge in [0.2, 0.25) is 0 Å². The summed E-state index contributed by atoms with van der Waals surface area (Å²) in [5.41, 5.74) is 0. The van der Waals surface area contributed by atoms with E-state index in [1.807, 2.05) is 0 Å². The second-order valence-corrected chi connectivity index (χ2v) is 0.899. The minimum atomic E-state index is -0.231. The van der Waals surface area contributed by atoms with Crippen molar-refractivity contribution in [1.29, 1.82) is 10.8 Å². The molecule has 0 aromatic heterocycles. The zero-order valence-corrected chi connectivity index (χ0v) is 3.21. The molecule has 0 fully saturated rings. The lowest BCUT2D eigenvalue weighted by Crippen LogP contribution is -1.77. The van der Waals surface area contributed by atoms with E-state index in [4.69, 9.17) is 22.4 Å². The monoisotopic (exact) mass is 90.0 g/mol. The average Bonchev–Trinajstić information content (AvgIpc) is 1.38. The fourth-order valence-corrected chi connectivity index (χ4v) is 0. The van der Waals surface area contributed by atoms with E-state index in [1.165, 1.54) is 0 Å². The maximum Gasteiger partial charge on any atom is 0.138 e. The molecule has 0 saturated carbocycles. The van der Waals surface area contributed by atoms with Crippen LogP contribution in [0.2, 0.25) is 0 Å². The van der Waals surface area contributed by atoms with Gasteiger partial charge < -0.3 is 5.41 Å². The molecule has 2 nitrogen and oxygen atoms in total. The molecule has 0 saturated heterocycles. The van der Waals surface area contributed by atoms with E-state index in [1.54, 1.807) is 0 Å². The number of hydrogen-bond donors (Lipinski definition) is 2. The van der Waals surface area contributed by atoms with Gasteiger partial charge in [-0.2, -0.15) is 0 Å². The molecule has 0 radical (unpaired) electrons. The number of hydrogen-bond acceptors (Lipinski definition) is 2. The smallest absolute Gasteiger partial charge is 0.138 e. The molecule has 3 heteroatoms. The first-order valence-electron chi connectivity index (χ1n) is 1.02. The van der Waals surface area contributed by atoms with Crippen LogP contribution < -0.4 is 0 Å². The van der Waals surface area contributed by atoms with E-state index in [9.17, 15) is 0 Å². The molecule has 0 aliphatic heterocycles. The first kappa shape index (κ1) is 4.63. The molecule has 0 aromatic carbocycles. The van der Waals surface area contributed by atoms with Crippen LogP contribution in [0.4, 0.5) is 0 Å². The van der Waals surface area contributed by atoms with Gasteiger partial charge in [0.05, 0.1) is 6.21 Å². The Kier molecular flexibility index (Phi) is 1.76. The highest BCUT2D eigenvalue weighted by Crippen LogP contribution is 1.67. The van der Waals surface area contributed by atoms with Gasteiger partial charge in [-0.3, -0.25) is 5.41 Å². The SMILES string of the molecule is N=CC(=N)Cl. The molecule has 5 heavy (non-hydrogen) atoms. The topological polar surface area (TPSA) is 47.7 Å². The molecule has 0 rings (SSSR count). The molecule has 28 valence electrons. The van der Waals surface area contributed by atoms with Gasteiger partial charge in [0.25, 0.3) is 0 Å². The van der Waals surface area contributed by atoms with E-state index in [0.717, 1.165) is 6.21 Å². The summed E-state index contributed by atoms with van der Waals surface area (Å²) in [6.45, 7) is 0. The van der Waals surface area contributed by atoms with Gasteiger partial charge in [0.15, 0.2) is 0 Å². The lowest BCUT2D eigenvalue weighted by atomic mass is 10.8. The molecule has 0 aliphatic rings. The Balaban J connectivity index is 3.20. The van der Waals surface area contributed by atoms with Gasteiger partial charge in [-0.05, 0) is 0 Å². The van der Waals surface area contributed by atoms with Crippen molar-refractivity contribution in [1.82, 2.24) is 0 Å².